The van der Waals surface area contributed by atoms with Crippen molar-refractivity contribution in [2.75, 3.05) is 18.9 Å². The number of ether oxygens (including phenoxy) is 1. The van der Waals surface area contributed by atoms with Crippen LogP contribution in [0.25, 0.3) is 11.1 Å². The third kappa shape index (κ3) is 8.39. The first kappa shape index (κ1) is 28.3. The minimum atomic E-state index is -4.79. The number of nitrogens with one attached hydrogen (secondary N) is 4. The first-order valence-electron chi connectivity index (χ1n) is 12.3. The Labute approximate surface area is 227 Å². The molecule has 210 valence electrons. The number of carbonyl (C=O) groups excluding carboxylic acids is 2. The van der Waals surface area contributed by atoms with E-state index in [1.54, 1.807) is 48.6 Å². The molecule has 0 saturated heterocycles. The van der Waals surface area contributed by atoms with Crippen molar-refractivity contribution in [2.45, 2.75) is 32.0 Å². The Bertz CT molecular complexity index is 1370. The number of halogens is 3. The summed E-state index contributed by atoms with van der Waals surface area (Å²) in [4.78, 5) is 28.3. The molecule has 0 bridgehead atoms. The molecular formula is C26H27F3N8O3. The molecule has 14 heteroatoms. The van der Waals surface area contributed by atoms with Crippen molar-refractivity contribution >= 4 is 17.6 Å². The summed E-state index contributed by atoms with van der Waals surface area (Å²) in [5, 5.41) is 15.2. The van der Waals surface area contributed by atoms with Crippen LogP contribution in [0, 0.1) is 0 Å². The Balaban J connectivity index is 1.24. The van der Waals surface area contributed by atoms with E-state index in [4.69, 9.17) is 0 Å². The summed E-state index contributed by atoms with van der Waals surface area (Å²) in [5.41, 5.74) is 8.43. The van der Waals surface area contributed by atoms with E-state index < -0.39 is 6.36 Å². The molecule has 1 aliphatic heterocycles. The smallest absolute Gasteiger partial charge is 0.406 e. The fourth-order valence-electron chi connectivity index (χ4n) is 3.85. The van der Waals surface area contributed by atoms with Crippen molar-refractivity contribution < 1.29 is 27.5 Å². The number of carbonyl (C=O) groups is 2. The highest BCUT2D eigenvalue weighted by Crippen LogP contribution is 2.28. The minimum absolute atomic E-state index is 0.0640. The molecule has 1 aliphatic rings. The third-order valence-electron chi connectivity index (χ3n) is 5.72. The standard InChI is InChI=1S/C26H27F3N8O3/c1-30-25(39)22-16-37(36-34-22)12-3-2-6-19-8-9-23(35-33-19)32-24(38)15-20-13-18(10-11-31-20)17-5-4-7-21(14-17)40-26(27,28)29/h4-5,7-11,13-14,16,34,36H,2-3,6,12,15H2,1H3,(H,30,39)(H,32,35,38). The van der Waals surface area contributed by atoms with Gasteiger partial charge in [0.05, 0.1) is 17.8 Å². The lowest BCUT2D eigenvalue weighted by Crippen LogP contribution is -2.39. The summed E-state index contributed by atoms with van der Waals surface area (Å²) in [6.45, 7) is 0.692. The average Bonchev–Trinajstić information content (AvgIpc) is 3.40. The van der Waals surface area contributed by atoms with Gasteiger partial charge in [-0.25, -0.2) is 0 Å². The summed E-state index contributed by atoms with van der Waals surface area (Å²) in [5.74, 6) is -0.609. The number of amides is 2. The van der Waals surface area contributed by atoms with Gasteiger partial charge in [0.1, 0.15) is 11.4 Å². The molecule has 11 nitrogen and oxygen atoms in total. The van der Waals surface area contributed by atoms with E-state index in [2.05, 4.69) is 41.5 Å². The number of hydrogen-bond acceptors (Lipinski definition) is 9. The average molecular weight is 557 g/mol. The number of aryl methyl sites for hydroxylation is 1. The van der Waals surface area contributed by atoms with E-state index >= 15 is 0 Å². The fourth-order valence-corrected chi connectivity index (χ4v) is 3.85. The summed E-state index contributed by atoms with van der Waals surface area (Å²) >= 11 is 0. The number of rotatable bonds is 11. The van der Waals surface area contributed by atoms with E-state index in [1.165, 1.54) is 24.4 Å². The van der Waals surface area contributed by atoms with Crippen molar-refractivity contribution in [3.05, 3.63) is 78.0 Å². The van der Waals surface area contributed by atoms with Gasteiger partial charge >= 0.3 is 6.36 Å². The molecule has 1 aromatic carbocycles. The predicted octanol–water partition coefficient (Wildman–Crippen LogP) is 2.85. The van der Waals surface area contributed by atoms with Crippen LogP contribution < -0.4 is 26.3 Å². The molecule has 0 radical (unpaired) electrons. The van der Waals surface area contributed by atoms with Crippen molar-refractivity contribution in [1.82, 2.24) is 36.5 Å². The Morgan fingerprint density at radius 1 is 1.02 bits per heavy atom. The van der Waals surface area contributed by atoms with Gasteiger partial charge in [-0.3, -0.25) is 25.0 Å². The number of anilines is 1. The van der Waals surface area contributed by atoms with Gasteiger partial charge < -0.3 is 15.4 Å². The van der Waals surface area contributed by atoms with Crippen LogP contribution in [-0.4, -0.2) is 52.0 Å². The summed E-state index contributed by atoms with van der Waals surface area (Å²) in [6, 6.07) is 12.3. The van der Waals surface area contributed by atoms with Crippen molar-refractivity contribution in [3.8, 4) is 16.9 Å². The zero-order chi connectivity index (χ0) is 28.5. The highest BCUT2D eigenvalue weighted by Gasteiger charge is 2.31. The topological polar surface area (TPSA) is 133 Å². The van der Waals surface area contributed by atoms with Crippen LogP contribution in [0.5, 0.6) is 5.75 Å². The zero-order valence-corrected chi connectivity index (χ0v) is 21.5. The van der Waals surface area contributed by atoms with E-state index in [-0.39, 0.29) is 24.0 Å². The Morgan fingerprint density at radius 2 is 1.85 bits per heavy atom. The summed E-state index contributed by atoms with van der Waals surface area (Å²) in [6.07, 6.45) is 0.714. The number of pyridine rings is 1. The number of nitrogens with zero attached hydrogens (tertiary/aromatic N) is 4. The molecule has 0 aliphatic carbocycles. The second-order valence-electron chi connectivity index (χ2n) is 8.76. The van der Waals surface area contributed by atoms with E-state index in [1.807, 2.05) is 0 Å². The molecule has 4 N–H and O–H groups in total. The molecule has 0 atom stereocenters. The van der Waals surface area contributed by atoms with Crippen molar-refractivity contribution in [3.63, 3.8) is 0 Å². The van der Waals surface area contributed by atoms with Crippen LogP contribution in [0.15, 0.2) is 66.6 Å². The maximum absolute atomic E-state index is 12.5. The van der Waals surface area contributed by atoms with Gasteiger partial charge in [0, 0.05) is 26.0 Å². The van der Waals surface area contributed by atoms with Crippen LogP contribution in [0.1, 0.15) is 24.2 Å². The lowest BCUT2D eigenvalue weighted by Gasteiger charge is -2.14. The maximum atomic E-state index is 12.5. The molecule has 2 aromatic heterocycles. The Kier molecular flexibility index (Phi) is 9.11. The Hall–Kier alpha value is -4.72. The molecule has 0 fully saturated rings. The van der Waals surface area contributed by atoms with Crippen LogP contribution in [0.3, 0.4) is 0 Å². The van der Waals surface area contributed by atoms with Crippen LogP contribution in [0.4, 0.5) is 19.0 Å². The number of hydrazine groups is 2. The molecule has 0 spiro atoms. The SMILES string of the molecule is CNC(=O)C1=CN(CCCCc2ccc(NC(=O)Cc3cc(-c4cccc(OC(F)(F)F)c4)ccn3)nn2)NN1. The van der Waals surface area contributed by atoms with Gasteiger partial charge in [0.15, 0.2) is 5.82 Å². The number of hydrogen-bond donors (Lipinski definition) is 4. The van der Waals surface area contributed by atoms with E-state index in [0.29, 0.717) is 41.3 Å². The number of unbranched alkanes of at least 4 members (excludes halogenated alkanes) is 1. The molecule has 0 unspecified atom stereocenters. The lowest BCUT2D eigenvalue weighted by atomic mass is 10.1. The third-order valence-corrected chi connectivity index (χ3v) is 5.72. The number of likely N-dealkylation sites (N-methyl/N-ethyl adjacent to an activating group) is 1. The zero-order valence-electron chi connectivity index (χ0n) is 21.5. The molecule has 40 heavy (non-hydrogen) atoms. The number of aromatic nitrogens is 3. The molecular weight excluding hydrogens is 529 g/mol. The van der Waals surface area contributed by atoms with Gasteiger partial charge in [0.2, 0.25) is 5.91 Å². The minimum Gasteiger partial charge on any atom is -0.406 e. The van der Waals surface area contributed by atoms with E-state index in [9.17, 15) is 22.8 Å². The van der Waals surface area contributed by atoms with E-state index in [0.717, 1.165) is 18.5 Å². The van der Waals surface area contributed by atoms with Gasteiger partial charge in [-0.1, -0.05) is 12.1 Å². The molecule has 2 amide bonds. The van der Waals surface area contributed by atoms with Crippen LogP contribution in [-0.2, 0) is 22.4 Å². The highest BCUT2D eigenvalue weighted by atomic mass is 19.4. The fraction of sp³-hybridized carbons (Fsp3) is 0.269. The molecule has 4 rings (SSSR count). The number of benzene rings is 1. The summed E-state index contributed by atoms with van der Waals surface area (Å²) < 4.78 is 41.6. The van der Waals surface area contributed by atoms with Gasteiger partial charge in [-0.2, -0.15) is 5.10 Å². The largest absolute Gasteiger partial charge is 0.573 e. The van der Waals surface area contributed by atoms with Gasteiger partial charge in [-0.05, 0) is 66.8 Å². The quantitative estimate of drug-likeness (QED) is 0.263. The maximum Gasteiger partial charge on any atom is 0.573 e. The van der Waals surface area contributed by atoms with Gasteiger partial charge in [-0.15, -0.1) is 23.8 Å². The molecule has 0 saturated carbocycles. The first-order chi connectivity index (χ1) is 19.2. The molecule has 3 aromatic rings. The van der Waals surface area contributed by atoms with Crippen molar-refractivity contribution in [2.24, 2.45) is 0 Å². The highest BCUT2D eigenvalue weighted by molar-refractivity contribution is 5.92. The second kappa shape index (κ2) is 12.9. The van der Waals surface area contributed by atoms with Crippen LogP contribution >= 0.6 is 0 Å². The van der Waals surface area contributed by atoms with Gasteiger partial charge in [0.25, 0.3) is 5.91 Å². The predicted molar refractivity (Wildman–Crippen MR) is 139 cm³/mol. The summed E-state index contributed by atoms with van der Waals surface area (Å²) in [7, 11) is 1.56. The van der Waals surface area contributed by atoms with Crippen molar-refractivity contribution in [1.29, 1.82) is 0 Å². The first-order valence-corrected chi connectivity index (χ1v) is 12.3. The second-order valence-corrected chi connectivity index (χ2v) is 8.76. The Morgan fingerprint density at radius 3 is 2.60 bits per heavy atom. The normalized spacial score (nSPS) is 12.9. The monoisotopic (exact) mass is 556 g/mol. The molecule has 3 heterocycles. The van der Waals surface area contributed by atoms with Crippen LogP contribution in [0.2, 0.25) is 0 Å². The lowest BCUT2D eigenvalue weighted by molar-refractivity contribution is -0.274. The number of alkyl halides is 3.